The molecule has 0 fully saturated rings. The monoisotopic (exact) mass is 535 g/mol. The zero-order valence-corrected chi connectivity index (χ0v) is 21.1. The number of hydrogen-bond donors (Lipinski definition) is 2. The second-order valence-corrected chi connectivity index (χ2v) is 15.6. The number of imidazole rings is 1. The van der Waals surface area contributed by atoms with Gasteiger partial charge in [0, 0.05) is 38.7 Å². The molecule has 32 heavy (non-hydrogen) atoms. The van der Waals surface area contributed by atoms with E-state index < -0.39 is 14.0 Å². The third-order valence-electron chi connectivity index (χ3n) is 4.58. The molecule has 0 bridgehead atoms. The molecule has 0 spiro atoms. The number of nitrogens with zero attached hydrogens (tertiary/aromatic N) is 6. The Bertz CT molecular complexity index is 1260. The maximum atomic E-state index is 11.1. The molecule has 0 atom stereocenters. The van der Waals surface area contributed by atoms with Gasteiger partial charge in [0.1, 0.15) is 16.3 Å². The van der Waals surface area contributed by atoms with Crippen molar-refractivity contribution in [2.45, 2.75) is 32.4 Å². The number of rotatable bonds is 9. The minimum atomic E-state index is -1.12. The van der Waals surface area contributed by atoms with Crippen LogP contribution in [0.5, 0.6) is 0 Å². The summed E-state index contributed by atoms with van der Waals surface area (Å²) < 4.78 is 13.9. The molecule has 0 radical (unpaired) electrons. The molecule has 2 N–H and O–H groups in total. The average Bonchev–Trinajstić information content (AvgIpc) is 3.43. The van der Waals surface area contributed by atoms with Crippen LogP contribution >= 0.6 is 27.5 Å². The number of ether oxygens (including phenoxy) is 1. The van der Waals surface area contributed by atoms with Crippen LogP contribution in [0.2, 0.25) is 25.7 Å². The molecule has 13 heteroatoms. The minimum absolute atomic E-state index is 0.0213. The summed E-state index contributed by atoms with van der Waals surface area (Å²) in [5, 5.41) is 17.1. The summed E-state index contributed by atoms with van der Waals surface area (Å²) in [4.78, 5) is 20.0. The molecule has 0 aliphatic rings. The molecule has 0 aromatic carbocycles. The molecule has 0 saturated heterocycles. The molecule has 168 valence electrons. The number of anilines is 2. The Hall–Kier alpha value is -2.61. The predicted molar refractivity (Wildman–Crippen MR) is 128 cm³/mol. The van der Waals surface area contributed by atoms with E-state index in [1.165, 1.54) is 6.07 Å². The molecular weight excluding hydrogens is 514 g/mol. The lowest BCUT2D eigenvalue weighted by molar-refractivity contribution is 0.0692. The first-order chi connectivity index (χ1) is 15.2. The second kappa shape index (κ2) is 9.09. The lowest BCUT2D eigenvalue weighted by Crippen LogP contribution is -2.22. The third-order valence-corrected chi connectivity index (χ3v) is 7.37. The lowest BCUT2D eigenvalue weighted by atomic mass is 10.3. The largest absolute Gasteiger partial charge is 0.476 e. The van der Waals surface area contributed by atoms with Crippen LogP contribution in [0.25, 0.3) is 16.9 Å². The SMILES string of the molecule is C[Si](C)(C)CCOCn1cc(-c2cnc3c(Nc4cc(C(=O)O)ns4)nc(Br)cn23)cn1. The number of fused-ring (bicyclic) bond motifs is 1. The standard InChI is InChI=1S/C19H22BrN7O3SSi/c1-32(2,3)5-4-30-11-26-9-12(7-22-26)14-8-21-18-17(23-15(20)10-27(14)18)24-16-6-13(19(28)29)25-31-16/h6-10H,4-5,11H2,1-3H3,(H,23,24)(H,28,29). The van der Waals surface area contributed by atoms with Crippen molar-refractivity contribution in [2.24, 2.45) is 0 Å². The van der Waals surface area contributed by atoms with Gasteiger partial charge in [0.15, 0.2) is 17.2 Å². The number of aromatic carboxylic acids is 1. The number of aromatic nitrogens is 6. The van der Waals surface area contributed by atoms with Crippen molar-refractivity contribution >= 4 is 58.0 Å². The first-order valence-electron chi connectivity index (χ1n) is 9.81. The zero-order chi connectivity index (χ0) is 22.9. The summed E-state index contributed by atoms with van der Waals surface area (Å²) in [6.07, 6.45) is 7.26. The van der Waals surface area contributed by atoms with Crippen molar-refractivity contribution in [2.75, 3.05) is 11.9 Å². The van der Waals surface area contributed by atoms with Crippen LogP contribution in [0.1, 0.15) is 10.5 Å². The van der Waals surface area contributed by atoms with Crippen LogP contribution in [-0.2, 0) is 11.5 Å². The Labute approximate surface area is 197 Å². The van der Waals surface area contributed by atoms with Crippen molar-refractivity contribution in [3.63, 3.8) is 0 Å². The van der Waals surface area contributed by atoms with Gasteiger partial charge in [-0.2, -0.15) is 9.47 Å². The second-order valence-electron chi connectivity index (χ2n) is 8.37. The molecular formula is C19H22BrN7O3SSi. The predicted octanol–water partition coefficient (Wildman–Crippen LogP) is 4.57. The molecule has 0 unspecified atom stereocenters. The molecule has 0 aliphatic heterocycles. The van der Waals surface area contributed by atoms with Gasteiger partial charge in [0.2, 0.25) is 0 Å². The number of hydrogen-bond acceptors (Lipinski definition) is 8. The molecule has 4 aromatic heterocycles. The summed E-state index contributed by atoms with van der Waals surface area (Å²) in [5.41, 5.74) is 2.30. The highest BCUT2D eigenvalue weighted by Crippen LogP contribution is 2.28. The van der Waals surface area contributed by atoms with E-state index >= 15 is 0 Å². The normalized spacial score (nSPS) is 11.9. The highest BCUT2D eigenvalue weighted by molar-refractivity contribution is 9.10. The van der Waals surface area contributed by atoms with Gasteiger partial charge in [-0.05, 0) is 33.5 Å². The molecule has 0 aliphatic carbocycles. The number of halogens is 1. The quantitative estimate of drug-likeness (QED) is 0.236. The first kappa shape index (κ1) is 22.6. The van der Waals surface area contributed by atoms with E-state index in [-0.39, 0.29) is 5.69 Å². The van der Waals surface area contributed by atoms with Crippen molar-refractivity contribution in [3.8, 4) is 11.3 Å². The Kier molecular flexibility index (Phi) is 6.42. The van der Waals surface area contributed by atoms with Gasteiger partial charge in [-0.25, -0.2) is 19.4 Å². The van der Waals surface area contributed by atoms with Crippen molar-refractivity contribution in [1.82, 2.24) is 28.5 Å². The molecule has 4 aromatic rings. The third kappa shape index (κ3) is 5.23. The van der Waals surface area contributed by atoms with Crippen LogP contribution in [0.4, 0.5) is 10.8 Å². The van der Waals surface area contributed by atoms with Crippen LogP contribution in [0.3, 0.4) is 0 Å². The number of carbonyl (C=O) groups is 1. The van der Waals surface area contributed by atoms with Crippen LogP contribution in [0, 0.1) is 0 Å². The smallest absolute Gasteiger partial charge is 0.355 e. The maximum Gasteiger partial charge on any atom is 0.355 e. The summed E-state index contributed by atoms with van der Waals surface area (Å²) in [5.74, 6) is -0.598. The zero-order valence-electron chi connectivity index (χ0n) is 17.7. The van der Waals surface area contributed by atoms with Crippen LogP contribution in [-0.4, -0.2) is 54.3 Å². The molecule has 10 nitrogen and oxygen atoms in total. The van der Waals surface area contributed by atoms with Gasteiger partial charge in [-0.1, -0.05) is 19.6 Å². The fourth-order valence-corrected chi connectivity index (χ4v) is 4.68. The van der Waals surface area contributed by atoms with Gasteiger partial charge in [-0.3, -0.25) is 4.40 Å². The molecule has 4 heterocycles. The highest BCUT2D eigenvalue weighted by atomic mass is 79.9. The van der Waals surface area contributed by atoms with E-state index in [9.17, 15) is 4.79 Å². The number of carboxylic acids is 1. The summed E-state index contributed by atoms with van der Waals surface area (Å²) in [6, 6.07) is 2.57. The van der Waals surface area contributed by atoms with Crippen molar-refractivity contribution < 1.29 is 14.6 Å². The van der Waals surface area contributed by atoms with E-state index in [1.54, 1.807) is 17.1 Å². The Balaban J connectivity index is 1.54. The van der Waals surface area contributed by atoms with E-state index in [4.69, 9.17) is 9.84 Å². The number of nitrogens with one attached hydrogen (secondary N) is 1. The fourth-order valence-electron chi connectivity index (χ4n) is 2.91. The van der Waals surface area contributed by atoms with Crippen LogP contribution < -0.4 is 5.32 Å². The van der Waals surface area contributed by atoms with E-state index in [0.29, 0.717) is 27.8 Å². The Morgan fingerprint density at radius 1 is 1.31 bits per heavy atom. The van der Waals surface area contributed by atoms with Crippen molar-refractivity contribution in [3.05, 3.63) is 41.2 Å². The van der Waals surface area contributed by atoms with Gasteiger partial charge < -0.3 is 15.2 Å². The van der Waals surface area contributed by atoms with E-state index in [2.05, 4.69) is 60.3 Å². The maximum absolute atomic E-state index is 11.1. The molecule has 4 rings (SSSR count). The van der Waals surface area contributed by atoms with Gasteiger partial charge >= 0.3 is 5.97 Å². The van der Waals surface area contributed by atoms with Crippen molar-refractivity contribution in [1.29, 1.82) is 0 Å². The van der Waals surface area contributed by atoms with Crippen LogP contribution in [0.15, 0.2) is 35.5 Å². The Morgan fingerprint density at radius 3 is 2.84 bits per heavy atom. The summed E-state index contributed by atoms with van der Waals surface area (Å²) in [6.45, 7) is 8.10. The molecule has 0 amide bonds. The summed E-state index contributed by atoms with van der Waals surface area (Å²) in [7, 11) is -1.12. The number of carboxylic acid groups (broad SMARTS) is 1. The highest BCUT2D eigenvalue weighted by Gasteiger charge is 2.16. The lowest BCUT2D eigenvalue weighted by Gasteiger charge is -2.15. The van der Waals surface area contributed by atoms with E-state index in [0.717, 1.165) is 35.4 Å². The molecule has 0 saturated carbocycles. The summed E-state index contributed by atoms with van der Waals surface area (Å²) >= 11 is 4.48. The topological polar surface area (TPSA) is 119 Å². The average molecular weight is 536 g/mol. The fraction of sp³-hybridized carbons (Fsp3) is 0.316. The minimum Gasteiger partial charge on any atom is -0.476 e. The first-order valence-corrected chi connectivity index (χ1v) is 15.1. The van der Waals surface area contributed by atoms with Gasteiger partial charge in [0.25, 0.3) is 0 Å². The van der Waals surface area contributed by atoms with Gasteiger partial charge in [-0.15, -0.1) is 0 Å². The van der Waals surface area contributed by atoms with Gasteiger partial charge in [0.05, 0.1) is 18.1 Å². The Morgan fingerprint density at radius 2 is 2.12 bits per heavy atom. The van der Waals surface area contributed by atoms with E-state index in [1.807, 2.05) is 16.8 Å².